The van der Waals surface area contributed by atoms with E-state index in [-0.39, 0.29) is 0 Å². The van der Waals surface area contributed by atoms with E-state index in [0.29, 0.717) is 24.0 Å². The lowest BCUT2D eigenvalue weighted by Crippen LogP contribution is -2.35. The topological polar surface area (TPSA) is 65.2 Å². The average molecular weight is 283 g/mol. The van der Waals surface area contributed by atoms with Crippen LogP contribution in [-0.2, 0) is 16.6 Å². The van der Waals surface area contributed by atoms with E-state index in [4.69, 9.17) is 0 Å². The molecular weight excluding hydrogens is 262 g/mol. The van der Waals surface area contributed by atoms with Crippen molar-refractivity contribution in [3.8, 4) is 0 Å². The van der Waals surface area contributed by atoms with Gasteiger partial charge >= 0.3 is 0 Å². The van der Waals surface area contributed by atoms with Gasteiger partial charge in [-0.1, -0.05) is 6.42 Å². The molecule has 2 heterocycles. The lowest BCUT2D eigenvalue weighted by Gasteiger charge is -2.25. The smallest absolute Gasteiger partial charge is 0.244 e. The van der Waals surface area contributed by atoms with Gasteiger partial charge in [0.05, 0.1) is 4.90 Å². The second-order valence-corrected chi connectivity index (χ2v) is 7.42. The van der Waals surface area contributed by atoms with E-state index >= 15 is 0 Å². The molecule has 0 aromatic carbocycles. The molecule has 0 bridgehead atoms. The standard InChI is InChI=1S/C13H21N3O2S/c17-19(18,16-6-2-1-3-7-16)13-8-12(15-10-13)9-14-11-4-5-11/h8,10-11,14-15H,1-7,9H2. The summed E-state index contributed by atoms with van der Waals surface area (Å²) in [5.41, 5.74) is 0.947. The second-order valence-electron chi connectivity index (χ2n) is 5.48. The molecule has 0 spiro atoms. The molecule has 0 amide bonds. The molecule has 6 heteroatoms. The predicted octanol–water partition coefficient (Wildman–Crippen LogP) is 1.44. The van der Waals surface area contributed by atoms with Crippen LogP contribution in [-0.4, -0.2) is 36.8 Å². The van der Waals surface area contributed by atoms with Crippen molar-refractivity contribution in [1.29, 1.82) is 0 Å². The molecule has 1 saturated carbocycles. The second kappa shape index (κ2) is 5.26. The van der Waals surface area contributed by atoms with Gasteiger partial charge in [-0.3, -0.25) is 0 Å². The van der Waals surface area contributed by atoms with Gasteiger partial charge in [0.15, 0.2) is 0 Å². The minimum atomic E-state index is -3.29. The molecule has 0 unspecified atom stereocenters. The van der Waals surface area contributed by atoms with Crippen LogP contribution in [0.2, 0.25) is 0 Å². The Balaban J connectivity index is 1.69. The predicted molar refractivity (Wildman–Crippen MR) is 73.3 cm³/mol. The van der Waals surface area contributed by atoms with Crippen LogP contribution in [0.15, 0.2) is 17.2 Å². The van der Waals surface area contributed by atoms with E-state index in [0.717, 1.165) is 31.5 Å². The van der Waals surface area contributed by atoms with Crippen molar-refractivity contribution in [2.45, 2.75) is 49.6 Å². The Morgan fingerprint density at radius 1 is 1.26 bits per heavy atom. The SMILES string of the molecule is O=S(=O)(c1c[nH]c(CNC2CC2)c1)N1CCCCC1. The van der Waals surface area contributed by atoms with E-state index in [1.807, 2.05) is 0 Å². The maximum atomic E-state index is 12.4. The fraction of sp³-hybridized carbons (Fsp3) is 0.692. The van der Waals surface area contributed by atoms with Crippen LogP contribution >= 0.6 is 0 Å². The number of nitrogens with zero attached hydrogens (tertiary/aromatic N) is 1. The zero-order chi connectivity index (χ0) is 13.3. The van der Waals surface area contributed by atoms with Gasteiger partial charge in [-0.2, -0.15) is 4.31 Å². The van der Waals surface area contributed by atoms with Crippen molar-refractivity contribution in [3.05, 3.63) is 18.0 Å². The monoisotopic (exact) mass is 283 g/mol. The summed E-state index contributed by atoms with van der Waals surface area (Å²) in [6.45, 7) is 2.03. The first-order valence-corrected chi connectivity index (χ1v) is 8.51. The highest BCUT2D eigenvalue weighted by molar-refractivity contribution is 7.89. The highest BCUT2D eigenvalue weighted by atomic mass is 32.2. The number of aromatic amines is 1. The maximum Gasteiger partial charge on any atom is 0.244 e. The number of nitrogens with one attached hydrogen (secondary N) is 2. The molecule has 1 aliphatic heterocycles. The van der Waals surface area contributed by atoms with Gasteiger partial charge in [0.1, 0.15) is 0 Å². The average Bonchev–Trinajstić information content (AvgIpc) is 3.13. The van der Waals surface area contributed by atoms with Gasteiger partial charge in [0.2, 0.25) is 10.0 Å². The summed E-state index contributed by atoms with van der Waals surface area (Å²) in [7, 11) is -3.29. The molecular formula is C13H21N3O2S. The number of hydrogen-bond acceptors (Lipinski definition) is 3. The summed E-state index contributed by atoms with van der Waals surface area (Å²) in [5, 5.41) is 3.38. The third-order valence-corrected chi connectivity index (χ3v) is 5.70. The molecule has 2 N–H and O–H groups in total. The number of hydrogen-bond donors (Lipinski definition) is 2. The van der Waals surface area contributed by atoms with Gasteiger partial charge in [0, 0.05) is 37.6 Å². The van der Waals surface area contributed by atoms with Crippen molar-refractivity contribution < 1.29 is 8.42 Å². The van der Waals surface area contributed by atoms with Crippen molar-refractivity contribution in [1.82, 2.24) is 14.6 Å². The van der Waals surface area contributed by atoms with Crippen LogP contribution in [0, 0.1) is 0 Å². The lowest BCUT2D eigenvalue weighted by molar-refractivity contribution is 0.346. The molecule has 3 rings (SSSR count). The van der Waals surface area contributed by atoms with Crippen molar-refractivity contribution in [2.75, 3.05) is 13.1 Å². The van der Waals surface area contributed by atoms with Gasteiger partial charge in [-0.25, -0.2) is 8.42 Å². The largest absolute Gasteiger partial charge is 0.363 e. The lowest BCUT2D eigenvalue weighted by atomic mass is 10.2. The van der Waals surface area contributed by atoms with Crippen LogP contribution in [0.25, 0.3) is 0 Å². The normalized spacial score (nSPS) is 21.7. The first-order chi connectivity index (χ1) is 9.16. The maximum absolute atomic E-state index is 12.4. The number of aromatic nitrogens is 1. The molecule has 2 fully saturated rings. The van der Waals surface area contributed by atoms with E-state index in [1.54, 1.807) is 16.6 Å². The minimum absolute atomic E-state index is 0.405. The Morgan fingerprint density at radius 3 is 2.68 bits per heavy atom. The van der Waals surface area contributed by atoms with Crippen molar-refractivity contribution in [2.24, 2.45) is 0 Å². The molecule has 5 nitrogen and oxygen atoms in total. The quantitative estimate of drug-likeness (QED) is 0.859. The molecule has 1 saturated heterocycles. The fourth-order valence-electron chi connectivity index (χ4n) is 2.47. The Bertz CT molecular complexity index is 528. The summed E-state index contributed by atoms with van der Waals surface area (Å²) in [4.78, 5) is 3.47. The van der Waals surface area contributed by atoms with Crippen molar-refractivity contribution in [3.63, 3.8) is 0 Å². The summed E-state index contributed by atoms with van der Waals surface area (Å²) in [6.07, 6.45) is 7.17. The summed E-state index contributed by atoms with van der Waals surface area (Å²) >= 11 is 0. The van der Waals surface area contributed by atoms with Gasteiger partial charge < -0.3 is 10.3 Å². The molecule has 1 aromatic rings. The van der Waals surface area contributed by atoms with Gasteiger partial charge in [-0.05, 0) is 31.7 Å². The number of piperidine rings is 1. The molecule has 1 aromatic heterocycles. The fourth-order valence-corrected chi connectivity index (χ4v) is 4.00. The number of sulfonamides is 1. The highest BCUT2D eigenvalue weighted by Gasteiger charge is 2.27. The molecule has 0 radical (unpaired) electrons. The zero-order valence-corrected chi connectivity index (χ0v) is 11.9. The zero-order valence-electron chi connectivity index (χ0n) is 11.1. The number of rotatable bonds is 5. The first-order valence-electron chi connectivity index (χ1n) is 7.07. The Morgan fingerprint density at radius 2 is 2.00 bits per heavy atom. The summed E-state index contributed by atoms with van der Waals surface area (Å²) in [6, 6.07) is 2.39. The van der Waals surface area contributed by atoms with E-state index in [1.165, 1.54) is 12.8 Å². The minimum Gasteiger partial charge on any atom is -0.363 e. The van der Waals surface area contributed by atoms with Crippen molar-refractivity contribution >= 4 is 10.0 Å². The van der Waals surface area contributed by atoms with Crippen LogP contribution < -0.4 is 5.32 Å². The van der Waals surface area contributed by atoms with Gasteiger partial charge in [0.25, 0.3) is 0 Å². The van der Waals surface area contributed by atoms with Crippen LogP contribution in [0.3, 0.4) is 0 Å². The third-order valence-electron chi connectivity index (χ3n) is 3.83. The summed E-state index contributed by atoms with van der Waals surface area (Å²) in [5.74, 6) is 0. The molecule has 19 heavy (non-hydrogen) atoms. The van der Waals surface area contributed by atoms with Crippen LogP contribution in [0.1, 0.15) is 37.8 Å². The molecule has 2 aliphatic rings. The third kappa shape index (κ3) is 3.01. The molecule has 106 valence electrons. The molecule has 0 atom stereocenters. The Labute approximate surface area is 114 Å². The Hall–Kier alpha value is -0.850. The van der Waals surface area contributed by atoms with E-state index in [2.05, 4.69) is 10.3 Å². The van der Waals surface area contributed by atoms with E-state index < -0.39 is 10.0 Å². The summed E-state index contributed by atoms with van der Waals surface area (Å²) < 4.78 is 26.5. The van der Waals surface area contributed by atoms with Crippen LogP contribution in [0.5, 0.6) is 0 Å². The number of H-pyrrole nitrogens is 1. The molecule has 1 aliphatic carbocycles. The van der Waals surface area contributed by atoms with E-state index in [9.17, 15) is 8.42 Å². The highest BCUT2D eigenvalue weighted by Crippen LogP contribution is 2.22. The van der Waals surface area contributed by atoms with Crippen LogP contribution in [0.4, 0.5) is 0 Å². The first kappa shape index (κ1) is 13.1. The Kier molecular flexibility index (Phi) is 3.64. The van der Waals surface area contributed by atoms with Gasteiger partial charge in [-0.15, -0.1) is 0 Å².